The lowest BCUT2D eigenvalue weighted by Crippen LogP contribution is -2.59. The molecule has 7 heteroatoms. The second kappa shape index (κ2) is 10.3. The number of ether oxygens (including phenoxy) is 3. The monoisotopic (exact) mass is 342 g/mol. The van der Waals surface area contributed by atoms with Gasteiger partial charge < -0.3 is 24.4 Å². The standard InChI is InChI=1S/C17H26O7/c1-4-7-9-12(18)23-16-14(20)11(6-3)22-17(15(16)21)24-13(19)10-8-5-2/h3,11,14-17,20-21H,4-5,7-10H2,1-2H3/t11-,14+,15-,16+,17+/m0/s1. The molecule has 1 saturated heterocycles. The summed E-state index contributed by atoms with van der Waals surface area (Å²) in [4.78, 5) is 23.5. The second-order valence-corrected chi connectivity index (χ2v) is 5.72. The first-order chi connectivity index (χ1) is 11.4. The molecule has 1 rings (SSSR count). The minimum Gasteiger partial charge on any atom is -0.456 e. The topological polar surface area (TPSA) is 102 Å². The van der Waals surface area contributed by atoms with Gasteiger partial charge in [0.2, 0.25) is 6.29 Å². The number of carbonyl (C=O) groups is 2. The zero-order chi connectivity index (χ0) is 18.1. The molecule has 1 heterocycles. The fourth-order valence-corrected chi connectivity index (χ4v) is 2.25. The summed E-state index contributed by atoms with van der Waals surface area (Å²) in [5, 5.41) is 20.4. The lowest BCUT2D eigenvalue weighted by Gasteiger charge is -2.39. The highest BCUT2D eigenvalue weighted by molar-refractivity contribution is 5.70. The van der Waals surface area contributed by atoms with Crippen molar-refractivity contribution in [2.45, 2.75) is 83.1 Å². The summed E-state index contributed by atoms with van der Waals surface area (Å²) < 4.78 is 15.4. The molecule has 1 fully saturated rings. The van der Waals surface area contributed by atoms with Gasteiger partial charge >= 0.3 is 11.9 Å². The summed E-state index contributed by atoms with van der Waals surface area (Å²) in [5.74, 6) is 1.09. The number of hydrogen-bond acceptors (Lipinski definition) is 7. The molecule has 0 aliphatic carbocycles. The fourth-order valence-electron chi connectivity index (χ4n) is 2.25. The molecule has 0 bridgehead atoms. The molecule has 0 amide bonds. The highest BCUT2D eigenvalue weighted by Gasteiger charge is 2.48. The molecule has 0 aromatic rings. The van der Waals surface area contributed by atoms with E-state index in [1.807, 2.05) is 13.8 Å². The molecule has 1 aliphatic rings. The molecule has 0 aromatic carbocycles. The van der Waals surface area contributed by atoms with Gasteiger partial charge in [0, 0.05) is 12.8 Å². The minimum absolute atomic E-state index is 0.162. The number of carbonyl (C=O) groups excluding carboxylic acids is 2. The average molecular weight is 342 g/mol. The fraction of sp³-hybridized carbons (Fsp3) is 0.765. The van der Waals surface area contributed by atoms with E-state index in [1.54, 1.807) is 0 Å². The Morgan fingerprint density at radius 3 is 2.08 bits per heavy atom. The first kappa shape index (κ1) is 20.4. The van der Waals surface area contributed by atoms with E-state index in [9.17, 15) is 19.8 Å². The molecule has 0 aromatic heterocycles. The molecule has 136 valence electrons. The Kier molecular flexibility index (Phi) is 8.76. The molecule has 0 saturated carbocycles. The first-order valence-electron chi connectivity index (χ1n) is 8.31. The number of hydrogen-bond donors (Lipinski definition) is 2. The van der Waals surface area contributed by atoms with Gasteiger partial charge in [-0.1, -0.05) is 32.6 Å². The lowest BCUT2D eigenvalue weighted by molar-refractivity contribution is -0.280. The van der Waals surface area contributed by atoms with Crippen molar-refractivity contribution in [2.24, 2.45) is 0 Å². The van der Waals surface area contributed by atoms with Gasteiger partial charge in [-0.3, -0.25) is 9.59 Å². The molecule has 1 aliphatic heterocycles. The van der Waals surface area contributed by atoms with Crippen molar-refractivity contribution < 1.29 is 34.0 Å². The van der Waals surface area contributed by atoms with Crippen LogP contribution in [0, 0.1) is 12.3 Å². The third kappa shape index (κ3) is 5.78. The van der Waals surface area contributed by atoms with Crippen LogP contribution in [0.4, 0.5) is 0 Å². The SMILES string of the molecule is C#C[C@@H]1O[C@H](OC(=O)CCCC)[C@@H](O)[C@H](OC(=O)CCCC)[C@@H]1O. The molecular weight excluding hydrogens is 316 g/mol. The van der Waals surface area contributed by atoms with E-state index in [-0.39, 0.29) is 12.8 Å². The van der Waals surface area contributed by atoms with E-state index in [1.165, 1.54) is 0 Å². The van der Waals surface area contributed by atoms with Gasteiger partial charge in [-0.05, 0) is 12.8 Å². The smallest absolute Gasteiger partial charge is 0.308 e. The average Bonchev–Trinajstić information content (AvgIpc) is 2.57. The molecule has 0 unspecified atom stereocenters. The van der Waals surface area contributed by atoms with Crippen LogP contribution in [-0.4, -0.2) is 52.9 Å². The van der Waals surface area contributed by atoms with Crippen molar-refractivity contribution in [2.75, 3.05) is 0 Å². The molecule has 0 radical (unpaired) electrons. The van der Waals surface area contributed by atoms with Crippen molar-refractivity contribution in [3.8, 4) is 12.3 Å². The third-order valence-corrected chi connectivity index (χ3v) is 3.69. The van der Waals surface area contributed by atoms with Crippen LogP contribution in [-0.2, 0) is 23.8 Å². The number of unbranched alkanes of at least 4 members (excludes halogenated alkanes) is 2. The van der Waals surface area contributed by atoms with Crippen molar-refractivity contribution in [1.29, 1.82) is 0 Å². The third-order valence-electron chi connectivity index (χ3n) is 3.69. The van der Waals surface area contributed by atoms with E-state index < -0.39 is 42.6 Å². The molecule has 24 heavy (non-hydrogen) atoms. The Bertz CT molecular complexity index is 456. The molecule has 0 spiro atoms. The van der Waals surface area contributed by atoms with Gasteiger partial charge in [-0.15, -0.1) is 6.42 Å². The normalized spacial score (nSPS) is 29.5. The summed E-state index contributed by atoms with van der Waals surface area (Å²) in [5.41, 5.74) is 0. The summed E-state index contributed by atoms with van der Waals surface area (Å²) >= 11 is 0. The molecular formula is C17H26O7. The maximum Gasteiger partial charge on any atom is 0.308 e. The van der Waals surface area contributed by atoms with Crippen molar-refractivity contribution in [3.63, 3.8) is 0 Å². The van der Waals surface area contributed by atoms with Crippen LogP contribution in [0.1, 0.15) is 52.4 Å². The summed E-state index contributed by atoms with van der Waals surface area (Å²) in [7, 11) is 0. The van der Waals surface area contributed by atoms with Crippen molar-refractivity contribution in [1.82, 2.24) is 0 Å². The van der Waals surface area contributed by atoms with Gasteiger partial charge in [0.25, 0.3) is 0 Å². The Morgan fingerprint density at radius 1 is 1.04 bits per heavy atom. The van der Waals surface area contributed by atoms with E-state index in [0.717, 1.165) is 12.8 Å². The number of aliphatic hydroxyl groups is 2. The summed E-state index contributed by atoms with van der Waals surface area (Å²) in [6, 6.07) is 0. The minimum atomic E-state index is -1.51. The number of terminal acetylenes is 1. The number of esters is 2. The van der Waals surface area contributed by atoms with Crippen LogP contribution < -0.4 is 0 Å². The van der Waals surface area contributed by atoms with Crippen LogP contribution in [0.5, 0.6) is 0 Å². The van der Waals surface area contributed by atoms with Crippen LogP contribution >= 0.6 is 0 Å². The Balaban J connectivity index is 2.75. The first-order valence-corrected chi connectivity index (χ1v) is 8.31. The maximum absolute atomic E-state index is 11.8. The van der Waals surface area contributed by atoms with Crippen molar-refractivity contribution >= 4 is 11.9 Å². The van der Waals surface area contributed by atoms with Gasteiger partial charge in [0.15, 0.2) is 18.3 Å². The molecule has 7 nitrogen and oxygen atoms in total. The zero-order valence-electron chi connectivity index (χ0n) is 14.1. The van der Waals surface area contributed by atoms with Gasteiger partial charge in [0.1, 0.15) is 6.10 Å². The number of rotatable bonds is 8. The summed E-state index contributed by atoms with van der Waals surface area (Å²) in [6.07, 6.45) is 1.74. The zero-order valence-corrected chi connectivity index (χ0v) is 14.1. The number of aliphatic hydroxyl groups excluding tert-OH is 2. The van der Waals surface area contributed by atoms with E-state index in [2.05, 4.69) is 5.92 Å². The Labute approximate surface area is 142 Å². The van der Waals surface area contributed by atoms with E-state index in [4.69, 9.17) is 20.6 Å². The van der Waals surface area contributed by atoms with Crippen molar-refractivity contribution in [3.05, 3.63) is 0 Å². The highest BCUT2D eigenvalue weighted by Crippen LogP contribution is 2.25. The van der Waals surface area contributed by atoms with Crippen LogP contribution in [0.2, 0.25) is 0 Å². The van der Waals surface area contributed by atoms with Gasteiger partial charge in [-0.2, -0.15) is 0 Å². The predicted octanol–water partition coefficient (Wildman–Crippen LogP) is 0.902. The Morgan fingerprint density at radius 2 is 1.58 bits per heavy atom. The molecule has 2 N–H and O–H groups in total. The maximum atomic E-state index is 11.8. The second-order valence-electron chi connectivity index (χ2n) is 5.72. The largest absolute Gasteiger partial charge is 0.456 e. The highest BCUT2D eigenvalue weighted by atomic mass is 16.7. The van der Waals surface area contributed by atoms with Gasteiger partial charge in [0.05, 0.1) is 0 Å². The Hall–Kier alpha value is -1.62. The lowest BCUT2D eigenvalue weighted by atomic mass is 9.99. The van der Waals surface area contributed by atoms with Crippen LogP contribution in [0.15, 0.2) is 0 Å². The van der Waals surface area contributed by atoms with Crippen LogP contribution in [0.25, 0.3) is 0 Å². The van der Waals surface area contributed by atoms with Crippen LogP contribution in [0.3, 0.4) is 0 Å². The van der Waals surface area contributed by atoms with E-state index in [0.29, 0.717) is 12.8 Å². The van der Waals surface area contributed by atoms with E-state index >= 15 is 0 Å². The summed E-state index contributed by atoms with van der Waals surface area (Å²) in [6.45, 7) is 3.85. The van der Waals surface area contributed by atoms with Gasteiger partial charge in [-0.25, -0.2) is 0 Å². The molecule has 5 atom stereocenters. The predicted molar refractivity (Wildman–Crippen MR) is 84.5 cm³/mol. The quantitative estimate of drug-likeness (QED) is 0.499.